The Labute approximate surface area is 163 Å². The first-order valence-corrected chi connectivity index (χ1v) is 8.62. The van der Waals surface area contributed by atoms with Crippen molar-refractivity contribution in [2.24, 2.45) is 0 Å². The normalized spacial score (nSPS) is 10.5. The summed E-state index contributed by atoms with van der Waals surface area (Å²) in [6, 6.07) is 7.00. The van der Waals surface area contributed by atoms with Gasteiger partial charge in [-0.3, -0.25) is 9.59 Å². The van der Waals surface area contributed by atoms with Gasteiger partial charge in [-0.25, -0.2) is 0 Å². The number of carbonyl (C=O) groups excluding carboxylic acids is 2. The van der Waals surface area contributed by atoms with E-state index in [2.05, 4.69) is 10.6 Å². The van der Waals surface area contributed by atoms with E-state index in [1.807, 2.05) is 0 Å². The molecule has 0 radical (unpaired) electrons. The molecule has 150 valence electrons. The largest absolute Gasteiger partial charge is 0.493 e. The molecule has 1 aromatic carbocycles. The van der Waals surface area contributed by atoms with Gasteiger partial charge in [0, 0.05) is 25.6 Å². The van der Waals surface area contributed by atoms with E-state index in [0.29, 0.717) is 29.6 Å². The zero-order chi connectivity index (χ0) is 20.4. The lowest BCUT2D eigenvalue weighted by molar-refractivity contribution is -0.121. The summed E-state index contributed by atoms with van der Waals surface area (Å²) >= 11 is 0. The van der Waals surface area contributed by atoms with Crippen LogP contribution in [0, 0.1) is 0 Å². The number of hydrogen-bond donors (Lipinski definition) is 2. The molecule has 0 aliphatic carbocycles. The summed E-state index contributed by atoms with van der Waals surface area (Å²) in [5.41, 5.74) is 0.799. The Morgan fingerprint density at radius 3 is 2.36 bits per heavy atom. The Morgan fingerprint density at radius 1 is 1.07 bits per heavy atom. The fourth-order valence-corrected chi connectivity index (χ4v) is 2.43. The van der Waals surface area contributed by atoms with Crippen LogP contribution in [0.5, 0.6) is 17.2 Å². The van der Waals surface area contributed by atoms with Gasteiger partial charge in [-0.2, -0.15) is 0 Å². The third kappa shape index (κ3) is 6.08. The first-order valence-electron chi connectivity index (χ1n) is 8.62. The molecule has 8 heteroatoms. The van der Waals surface area contributed by atoms with Gasteiger partial charge in [0.2, 0.25) is 17.6 Å². The van der Waals surface area contributed by atoms with Crippen LogP contribution in [0.25, 0.3) is 6.08 Å². The average Bonchev–Trinajstić information content (AvgIpc) is 3.23. The molecule has 28 heavy (non-hydrogen) atoms. The molecule has 8 nitrogen and oxygen atoms in total. The van der Waals surface area contributed by atoms with Gasteiger partial charge in [-0.15, -0.1) is 0 Å². The summed E-state index contributed by atoms with van der Waals surface area (Å²) in [5.74, 6) is 1.62. The van der Waals surface area contributed by atoms with Crippen molar-refractivity contribution in [1.82, 2.24) is 10.6 Å². The molecule has 0 spiro atoms. The molecule has 1 heterocycles. The topological polar surface area (TPSA) is 99.0 Å². The number of hydrogen-bond acceptors (Lipinski definition) is 6. The molecule has 0 unspecified atom stereocenters. The maximum absolute atomic E-state index is 12.0. The molecule has 0 saturated carbocycles. The third-order valence-electron chi connectivity index (χ3n) is 3.81. The maximum Gasteiger partial charge on any atom is 0.244 e. The number of amides is 2. The number of rotatable bonds is 10. The van der Waals surface area contributed by atoms with Crippen molar-refractivity contribution in [1.29, 1.82) is 0 Å². The number of methoxy groups -OCH3 is 3. The highest BCUT2D eigenvalue weighted by molar-refractivity contribution is 5.91. The van der Waals surface area contributed by atoms with E-state index < -0.39 is 0 Å². The third-order valence-corrected chi connectivity index (χ3v) is 3.81. The molecule has 0 saturated heterocycles. The first kappa shape index (κ1) is 20.9. The highest BCUT2D eigenvalue weighted by atomic mass is 16.5. The zero-order valence-electron chi connectivity index (χ0n) is 16.1. The summed E-state index contributed by atoms with van der Waals surface area (Å²) in [6.45, 7) is 0.518. The maximum atomic E-state index is 12.0. The zero-order valence-corrected chi connectivity index (χ0v) is 16.1. The molecule has 0 fully saturated rings. The van der Waals surface area contributed by atoms with E-state index in [0.717, 1.165) is 5.56 Å². The van der Waals surface area contributed by atoms with Crippen LogP contribution >= 0.6 is 0 Å². The average molecular weight is 388 g/mol. The van der Waals surface area contributed by atoms with Gasteiger partial charge < -0.3 is 29.3 Å². The second kappa shape index (κ2) is 10.7. The number of furan rings is 1. The predicted molar refractivity (Wildman–Crippen MR) is 103 cm³/mol. The van der Waals surface area contributed by atoms with Crippen molar-refractivity contribution >= 4 is 17.9 Å². The van der Waals surface area contributed by atoms with E-state index in [1.165, 1.54) is 33.7 Å². The molecule has 1 aromatic heterocycles. The standard InChI is InChI=1S/C20H24N2O6/c1-25-16-11-14(12-17(26-2)20(16)27-3)13-22-19(24)8-9-21-18(23)7-6-15-5-4-10-28-15/h4-7,10-12H,8-9,13H2,1-3H3,(H,21,23)(H,22,24)/b7-6+. The minimum Gasteiger partial charge on any atom is -0.493 e. The van der Waals surface area contributed by atoms with Crippen molar-refractivity contribution < 1.29 is 28.2 Å². The van der Waals surface area contributed by atoms with Crippen molar-refractivity contribution in [2.45, 2.75) is 13.0 Å². The molecule has 2 rings (SSSR count). The van der Waals surface area contributed by atoms with E-state index in [4.69, 9.17) is 18.6 Å². The van der Waals surface area contributed by atoms with Crippen LogP contribution in [0.15, 0.2) is 41.0 Å². The monoisotopic (exact) mass is 388 g/mol. The molecule has 2 aromatic rings. The van der Waals surface area contributed by atoms with Crippen LogP contribution in [-0.4, -0.2) is 39.7 Å². The minimum atomic E-state index is -0.297. The van der Waals surface area contributed by atoms with E-state index >= 15 is 0 Å². The van der Waals surface area contributed by atoms with Crippen LogP contribution in [-0.2, 0) is 16.1 Å². The Balaban J connectivity index is 1.78. The van der Waals surface area contributed by atoms with Gasteiger partial charge >= 0.3 is 0 Å². The molecule has 0 bridgehead atoms. The summed E-state index contributed by atoms with van der Waals surface area (Å²) < 4.78 is 20.9. The number of nitrogens with one attached hydrogen (secondary N) is 2. The first-order chi connectivity index (χ1) is 13.6. The summed E-state index contributed by atoms with van der Waals surface area (Å²) in [7, 11) is 4.59. The molecule has 0 atom stereocenters. The summed E-state index contributed by atoms with van der Waals surface area (Å²) in [5, 5.41) is 5.43. The highest BCUT2D eigenvalue weighted by Crippen LogP contribution is 2.38. The lowest BCUT2D eigenvalue weighted by atomic mass is 10.1. The number of benzene rings is 1. The van der Waals surface area contributed by atoms with E-state index in [1.54, 1.807) is 30.3 Å². The van der Waals surface area contributed by atoms with Crippen LogP contribution in [0.2, 0.25) is 0 Å². The fraction of sp³-hybridized carbons (Fsp3) is 0.300. The smallest absolute Gasteiger partial charge is 0.244 e. The Kier molecular flexibility index (Phi) is 7.95. The summed E-state index contributed by atoms with van der Waals surface area (Å²) in [4.78, 5) is 23.7. The minimum absolute atomic E-state index is 0.157. The van der Waals surface area contributed by atoms with Crippen molar-refractivity contribution in [2.75, 3.05) is 27.9 Å². The van der Waals surface area contributed by atoms with Gasteiger partial charge in [-0.1, -0.05) is 0 Å². The molecule has 0 aliphatic heterocycles. The van der Waals surface area contributed by atoms with Gasteiger partial charge in [0.1, 0.15) is 5.76 Å². The van der Waals surface area contributed by atoms with E-state index in [-0.39, 0.29) is 24.8 Å². The quantitative estimate of drug-likeness (QED) is 0.605. The molecule has 0 aliphatic rings. The van der Waals surface area contributed by atoms with Gasteiger partial charge in [0.05, 0.1) is 27.6 Å². The highest BCUT2D eigenvalue weighted by Gasteiger charge is 2.13. The van der Waals surface area contributed by atoms with Crippen LogP contribution in [0.4, 0.5) is 0 Å². The van der Waals surface area contributed by atoms with Crippen LogP contribution in [0.3, 0.4) is 0 Å². The predicted octanol–water partition coefficient (Wildman–Crippen LogP) is 2.14. The molecule has 2 amide bonds. The lowest BCUT2D eigenvalue weighted by Gasteiger charge is -2.14. The second-order valence-electron chi connectivity index (χ2n) is 5.70. The van der Waals surface area contributed by atoms with Gasteiger partial charge in [0.15, 0.2) is 11.5 Å². The second-order valence-corrected chi connectivity index (χ2v) is 5.70. The van der Waals surface area contributed by atoms with Crippen molar-refractivity contribution in [3.8, 4) is 17.2 Å². The van der Waals surface area contributed by atoms with Crippen molar-refractivity contribution in [3.05, 3.63) is 47.9 Å². The van der Waals surface area contributed by atoms with Crippen LogP contribution < -0.4 is 24.8 Å². The number of carbonyl (C=O) groups is 2. The molecular weight excluding hydrogens is 364 g/mol. The Bertz CT molecular complexity index is 789. The summed E-state index contributed by atoms with van der Waals surface area (Å²) in [6.07, 6.45) is 4.59. The fourth-order valence-electron chi connectivity index (χ4n) is 2.43. The molecular formula is C20H24N2O6. The SMILES string of the molecule is COc1cc(CNC(=O)CCNC(=O)/C=C/c2ccco2)cc(OC)c1OC. The Morgan fingerprint density at radius 2 is 1.79 bits per heavy atom. The molecule has 2 N–H and O–H groups in total. The van der Waals surface area contributed by atoms with Gasteiger partial charge in [-0.05, 0) is 35.9 Å². The lowest BCUT2D eigenvalue weighted by Crippen LogP contribution is -2.29. The van der Waals surface area contributed by atoms with Gasteiger partial charge in [0.25, 0.3) is 0 Å². The van der Waals surface area contributed by atoms with Crippen molar-refractivity contribution in [3.63, 3.8) is 0 Å². The van der Waals surface area contributed by atoms with Crippen LogP contribution in [0.1, 0.15) is 17.7 Å². The Hall–Kier alpha value is -3.42. The van der Waals surface area contributed by atoms with E-state index in [9.17, 15) is 9.59 Å². The number of ether oxygens (including phenoxy) is 3.